The van der Waals surface area contributed by atoms with Crippen molar-refractivity contribution in [1.82, 2.24) is 5.32 Å². The molecule has 0 heterocycles. The third-order valence-corrected chi connectivity index (χ3v) is 5.63. The highest BCUT2D eigenvalue weighted by molar-refractivity contribution is 5.79. The Morgan fingerprint density at radius 1 is 1.24 bits per heavy atom. The third-order valence-electron chi connectivity index (χ3n) is 5.63. The fourth-order valence-corrected chi connectivity index (χ4v) is 3.99. The highest BCUT2D eigenvalue weighted by atomic mass is 19.1. The van der Waals surface area contributed by atoms with Crippen LogP contribution in [0.15, 0.2) is 18.2 Å². The molecule has 2 aliphatic carbocycles. The molecule has 0 unspecified atom stereocenters. The van der Waals surface area contributed by atoms with Gasteiger partial charge in [-0.1, -0.05) is 39.2 Å². The molecular weight excluding hydrogens is 317 g/mol. The highest BCUT2D eigenvalue weighted by Gasteiger charge is 2.32. The first-order valence-corrected chi connectivity index (χ1v) is 9.75. The van der Waals surface area contributed by atoms with Gasteiger partial charge in [-0.05, 0) is 49.1 Å². The van der Waals surface area contributed by atoms with E-state index in [2.05, 4.69) is 19.2 Å². The summed E-state index contributed by atoms with van der Waals surface area (Å²) >= 11 is 0. The minimum absolute atomic E-state index is 0.227. The summed E-state index contributed by atoms with van der Waals surface area (Å²) in [7, 11) is 0. The summed E-state index contributed by atoms with van der Waals surface area (Å²) in [5.41, 5.74) is 1.04. The maximum atomic E-state index is 13.5. The molecule has 1 aromatic rings. The van der Waals surface area contributed by atoms with E-state index in [4.69, 9.17) is 4.74 Å². The predicted molar refractivity (Wildman–Crippen MR) is 97.2 cm³/mol. The van der Waals surface area contributed by atoms with Crippen LogP contribution in [0.3, 0.4) is 0 Å². The third kappa shape index (κ3) is 4.74. The molecule has 3 nitrogen and oxygen atoms in total. The number of hydrogen-bond acceptors (Lipinski definition) is 2. The summed E-state index contributed by atoms with van der Waals surface area (Å²) in [6.45, 7) is 4.76. The van der Waals surface area contributed by atoms with E-state index < -0.39 is 0 Å². The molecule has 138 valence electrons. The molecule has 0 atom stereocenters. The Hall–Kier alpha value is -1.58. The lowest BCUT2D eigenvalue weighted by molar-refractivity contribution is -0.127. The molecule has 2 fully saturated rings. The molecule has 4 heteroatoms. The first kappa shape index (κ1) is 18.2. The van der Waals surface area contributed by atoms with Gasteiger partial charge in [-0.2, -0.15) is 0 Å². The Morgan fingerprint density at radius 3 is 2.64 bits per heavy atom. The number of carbonyl (C=O) groups is 1. The molecular formula is C21H30FNO2. The van der Waals surface area contributed by atoms with Gasteiger partial charge in [-0.25, -0.2) is 4.39 Å². The van der Waals surface area contributed by atoms with Crippen LogP contribution in [0.5, 0.6) is 5.75 Å². The molecule has 25 heavy (non-hydrogen) atoms. The van der Waals surface area contributed by atoms with Crippen LogP contribution in [0.4, 0.5) is 4.39 Å². The van der Waals surface area contributed by atoms with E-state index in [-0.39, 0.29) is 17.6 Å². The fraction of sp³-hybridized carbons (Fsp3) is 0.667. The summed E-state index contributed by atoms with van der Waals surface area (Å²) in [5.74, 6) is 1.62. The molecule has 2 saturated carbocycles. The van der Waals surface area contributed by atoms with Gasteiger partial charge >= 0.3 is 0 Å². The Labute approximate surface area is 150 Å². The number of nitrogens with one attached hydrogen (secondary N) is 1. The second-order valence-electron chi connectivity index (χ2n) is 8.03. The zero-order chi connectivity index (χ0) is 17.8. The van der Waals surface area contributed by atoms with E-state index in [1.54, 1.807) is 0 Å². The van der Waals surface area contributed by atoms with Gasteiger partial charge in [-0.15, -0.1) is 0 Å². The number of benzene rings is 1. The summed E-state index contributed by atoms with van der Waals surface area (Å²) in [6.07, 6.45) is 7.65. The van der Waals surface area contributed by atoms with Gasteiger partial charge in [0.1, 0.15) is 11.6 Å². The van der Waals surface area contributed by atoms with Gasteiger partial charge in [-0.3, -0.25) is 4.79 Å². The summed E-state index contributed by atoms with van der Waals surface area (Å²) in [6, 6.07) is 5.07. The van der Waals surface area contributed by atoms with Crippen molar-refractivity contribution < 1.29 is 13.9 Å². The molecule has 0 spiro atoms. The van der Waals surface area contributed by atoms with E-state index in [0.717, 1.165) is 31.2 Å². The monoisotopic (exact) mass is 347 g/mol. The smallest absolute Gasteiger partial charge is 0.223 e. The maximum Gasteiger partial charge on any atom is 0.223 e. The van der Waals surface area contributed by atoms with Crippen molar-refractivity contribution in [2.24, 2.45) is 11.8 Å². The van der Waals surface area contributed by atoms with Crippen LogP contribution >= 0.6 is 0 Å². The average Bonchev–Trinajstić information content (AvgIpc) is 2.57. The first-order valence-electron chi connectivity index (χ1n) is 9.75. The largest absolute Gasteiger partial charge is 0.493 e. The van der Waals surface area contributed by atoms with Crippen molar-refractivity contribution >= 4 is 5.91 Å². The average molecular weight is 347 g/mol. The highest BCUT2D eigenvalue weighted by Crippen LogP contribution is 2.32. The molecule has 0 aliphatic heterocycles. The van der Waals surface area contributed by atoms with Crippen molar-refractivity contribution in [1.29, 1.82) is 0 Å². The van der Waals surface area contributed by atoms with Crippen LogP contribution in [0.1, 0.15) is 70.3 Å². The molecule has 3 rings (SSSR count). The number of ether oxygens (including phenoxy) is 1. The molecule has 0 bridgehead atoms. The van der Waals surface area contributed by atoms with Crippen molar-refractivity contribution in [2.75, 3.05) is 6.61 Å². The number of rotatable bonds is 6. The second kappa shape index (κ2) is 8.20. The number of amides is 1. The Morgan fingerprint density at radius 2 is 1.96 bits per heavy atom. The molecule has 0 saturated heterocycles. The fourth-order valence-electron chi connectivity index (χ4n) is 3.99. The maximum absolute atomic E-state index is 13.5. The van der Waals surface area contributed by atoms with E-state index in [0.29, 0.717) is 30.2 Å². The van der Waals surface area contributed by atoms with Crippen molar-refractivity contribution in [2.45, 2.75) is 70.8 Å². The number of hydrogen-bond donors (Lipinski definition) is 1. The topological polar surface area (TPSA) is 38.3 Å². The Kier molecular flexibility index (Phi) is 5.98. The summed E-state index contributed by atoms with van der Waals surface area (Å²) < 4.78 is 19.4. The molecule has 0 radical (unpaired) electrons. The standard InChI is InChI=1S/C21H30FNO2/c1-14(2)19-9-8-17(22)12-20(19)25-13-15-10-18(11-15)23-21(24)16-6-4-3-5-7-16/h8-9,12,14-16,18H,3-7,10-11,13H2,1-2H3,(H,23,24). The molecule has 0 aromatic heterocycles. The van der Waals surface area contributed by atoms with E-state index in [9.17, 15) is 9.18 Å². The van der Waals surface area contributed by atoms with Gasteiger partial charge in [0.2, 0.25) is 5.91 Å². The van der Waals surface area contributed by atoms with Crippen LogP contribution in [0.2, 0.25) is 0 Å². The van der Waals surface area contributed by atoms with Crippen molar-refractivity contribution in [3.8, 4) is 5.75 Å². The van der Waals surface area contributed by atoms with Gasteiger partial charge in [0.15, 0.2) is 0 Å². The van der Waals surface area contributed by atoms with Gasteiger partial charge < -0.3 is 10.1 Å². The Bertz CT molecular complexity index is 590. The van der Waals surface area contributed by atoms with Gasteiger partial charge in [0.05, 0.1) is 6.61 Å². The van der Waals surface area contributed by atoms with E-state index in [1.165, 1.54) is 31.4 Å². The normalized spacial score (nSPS) is 24.0. The zero-order valence-electron chi connectivity index (χ0n) is 15.4. The Balaban J connectivity index is 1.42. The second-order valence-corrected chi connectivity index (χ2v) is 8.03. The quantitative estimate of drug-likeness (QED) is 0.802. The molecule has 1 aromatic carbocycles. The van der Waals surface area contributed by atoms with Gasteiger partial charge in [0, 0.05) is 18.0 Å². The lowest BCUT2D eigenvalue weighted by Gasteiger charge is -2.37. The molecule has 1 N–H and O–H groups in total. The van der Waals surface area contributed by atoms with E-state index in [1.807, 2.05) is 6.07 Å². The zero-order valence-corrected chi connectivity index (χ0v) is 15.4. The van der Waals surface area contributed by atoms with Crippen LogP contribution in [-0.2, 0) is 4.79 Å². The number of carbonyl (C=O) groups excluding carboxylic acids is 1. The van der Waals surface area contributed by atoms with Gasteiger partial charge in [0.25, 0.3) is 0 Å². The van der Waals surface area contributed by atoms with Crippen molar-refractivity contribution in [3.05, 3.63) is 29.6 Å². The summed E-state index contributed by atoms with van der Waals surface area (Å²) in [5, 5.41) is 3.20. The molecule has 2 aliphatic rings. The first-order chi connectivity index (χ1) is 12.0. The minimum Gasteiger partial charge on any atom is -0.493 e. The number of halogens is 1. The van der Waals surface area contributed by atoms with Crippen LogP contribution in [0, 0.1) is 17.7 Å². The summed E-state index contributed by atoms with van der Waals surface area (Å²) in [4.78, 5) is 12.3. The SMILES string of the molecule is CC(C)c1ccc(F)cc1OCC1CC(NC(=O)C2CCCCC2)C1. The lowest BCUT2D eigenvalue weighted by atomic mass is 9.80. The predicted octanol–water partition coefficient (Wildman–Crippen LogP) is 4.80. The van der Waals surface area contributed by atoms with E-state index >= 15 is 0 Å². The lowest BCUT2D eigenvalue weighted by Crippen LogP contribution is -2.48. The molecule has 1 amide bonds. The minimum atomic E-state index is -0.259. The van der Waals surface area contributed by atoms with Crippen LogP contribution in [0.25, 0.3) is 0 Å². The van der Waals surface area contributed by atoms with Crippen LogP contribution < -0.4 is 10.1 Å². The van der Waals surface area contributed by atoms with Crippen molar-refractivity contribution in [3.63, 3.8) is 0 Å². The van der Waals surface area contributed by atoms with Crippen LogP contribution in [-0.4, -0.2) is 18.6 Å².